The predicted molar refractivity (Wildman–Crippen MR) is 51.5 cm³/mol. The van der Waals surface area contributed by atoms with Gasteiger partial charge in [0.25, 0.3) is 5.69 Å². The van der Waals surface area contributed by atoms with Gasteiger partial charge in [-0.1, -0.05) is 13.8 Å². The first kappa shape index (κ1) is 12.1. The minimum atomic E-state index is -0.633. The Hall–Kier alpha value is -1.91. The highest BCUT2D eigenvalue weighted by atomic mass is 16.6. The average molecular weight is 197 g/mol. The lowest BCUT2D eigenvalue weighted by Crippen LogP contribution is -1.89. The number of nitrogens with zero attached hydrogens (tertiary/aromatic N) is 1. The van der Waals surface area contributed by atoms with E-state index in [-0.39, 0.29) is 17.0 Å². The van der Waals surface area contributed by atoms with Gasteiger partial charge in [0.1, 0.15) is 5.75 Å². The Morgan fingerprint density at radius 2 is 2.00 bits per heavy atom. The van der Waals surface area contributed by atoms with Crippen LogP contribution in [0.3, 0.4) is 0 Å². The fourth-order valence-corrected chi connectivity index (χ4v) is 0.750. The molecular formula is C9H11NO4. The SMILES string of the molecule is CC.O=Cc1cc([N+](=O)[O-])ccc1O. The molecule has 0 radical (unpaired) electrons. The molecule has 76 valence electrons. The first-order chi connectivity index (χ1) is 6.65. The normalized spacial score (nSPS) is 8.43. The molecule has 5 nitrogen and oxygen atoms in total. The summed E-state index contributed by atoms with van der Waals surface area (Å²) in [7, 11) is 0. The van der Waals surface area contributed by atoms with Crippen molar-refractivity contribution in [2.75, 3.05) is 0 Å². The van der Waals surface area contributed by atoms with Crippen molar-refractivity contribution >= 4 is 12.0 Å². The van der Waals surface area contributed by atoms with Crippen LogP contribution in [0.1, 0.15) is 24.2 Å². The summed E-state index contributed by atoms with van der Waals surface area (Å²) in [5.41, 5.74) is -0.292. The van der Waals surface area contributed by atoms with Crippen LogP contribution >= 0.6 is 0 Å². The molecular weight excluding hydrogens is 186 g/mol. The average Bonchev–Trinajstić information content (AvgIpc) is 2.21. The Kier molecular flexibility index (Phi) is 4.91. The molecule has 0 aliphatic carbocycles. The van der Waals surface area contributed by atoms with Crippen LogP contribution in [0, 0.1) is 10.1 Å². The topological polar surface area (TPSA) is 80.4 Å². The fourth-order valence-electron chi connectivity index (χ4n) is 0.750. The molecule has 0 fully saturated rings. The van der Waals surface area contributed by atoms with Gasteiger partial charge in [0.05, 0.1) is 10.5 Å². The third-order valence-corrected chi connectivity index (χ3v) is 1.35. The largest absolute Gasteiger partial charge is 0.507 e. The number of carbonyl (C=O) groups is 1. The second-order valence-corrected chi connectivity index (χ2v) is 2.12. The van der Waals surface area contributed by atoms with E-state index in [1.807, 2.05) is 13.8 Å². The number of phenols is 1. The molecule has 5 heteroatoms. The Morgan fingerprint density at radius 1 is 1.43 bits per heavy atom. The molecule has 0 atom stereocenters. The van der Waals surface area contributed by atoms with Crippen molar-refractivity contribution < 1.29 is 14.8 Å². The molecule has 0 heterocycles. The van der Waals surface area contributed by atoms with Gasteiger partial charge in [0, 0.05) is 12.1 Å². The molecule has 1 rings (SSSR count). The summed E-state index contributed by atoms with van der Waals surface area (Å²) in [6.07, 6.45) is 0.363. The first-order valence-electron chi connectivity index (χ1n) is 4.07. The van der Waals surface area contributed by atoms with E-state index in [1.54, 1.807) is 0 Å². The minimum Gasteiger partial charge on any atom is -0.507 e. The second kappa shape index (κ2) is 5.69. The van der Waals surface area contributed by atoms with Gasteiger partial charge in [-0.25, -0.2) is 0 Å². The third kappa shape index (κ3) is 2.85. The number of non-ortho nitro benzene ring substituents is 1. The van der Waals surface area contributed by atoms with E-state index in [0.29, 0.717) is 6.29 Å². The maximum atomic E-state index is 10.2. The number of aldehydes is 1. The molecule has 0 aliphatic rings. The van der Waals surface area contributed by atoms with Crippen LogP contribution in [0.15, 0.2) is 18.2 Å². The summed E-state index contributed by atoms with van der Waals surface area (Å²) >= 11 is 0. The number of nitro groups is 1. The number of hydrogen-bond acceptors (Lipinski definition) is 4. The van der Waals surface area contributed by atoms with Gasteiger partial charge in [-0.05, 0) is 6.07 Å². The third-order valence-electron chi connectivity index (χ3n) is 1.35. The molecule has 0 amide bonds. The van der Waals surface area contributed by atoms with E-state index in [4.69, 9.17) is 5.11 Å². The summed E-state index contributed by atoms with van der Waals surface area (Å²) in [6, 6.07) is 3.26. The van der Waals surface area contributed by atoms with E-state index >= 15 is 0 Å². The van der Waals surface area contributed by atoms with Gasteiger partial charge in [-0.15, -0.1) is 0 Å². The summed E-state index contributed by atoms with van der Waals surface area (Å²) in [5.74, 6) is -0.254. The lowest BCUT2D eigenvalue weighted by molar-refractivity contribution is -0.384. The van der Waals surface area contributed by atoms with Crippen molar-refractivity contribution in [3.05, 3.63) is 33.9 Å². The van der Waals surface area contributed by atoms with Crippen LogP contribution in [-0.2, 0) is 0 Å². The molecule has 1 N–H and O–H groups in total. The molecule has 14 heavy (non-hydrogen) atoms. The Balaban J connectivity index is 0.000000791. The highest BCUT2D eigenvalue weighted by Gasteiger charge is 2.08. The zero-order valence-corrected chi connectivity index (χ0v) is 7.93. The highest BCUT2D eigenvalue weighted by Crippen LogP contribution is 2.20. The van der Waals surface area contributed by atoms with Crippen LogP contribution in [0.2, 0.25) is 0 Å². The van der Waals surface area contributed by atoms with E-state index in [2.05, 4.69) is 0 Å². The number of phenolic OH excluding ortho intramolecular Hbond substituents is 1. The van der Waals surface area contributed by atoms with E-state index in [0.717, 1.165) is 18.2 Å². The lowest BCUT2D eigenvalue weighted by Gasteiger charge is -1.95. The number of carbonyl (C=O) groups excluding carboxylic acids is 1. The van der Waals surface area contributed by atoms with E-state index in [1.165, 1.54) is 0 Å². The van der Waals surface area contributed by atoms with Crippen molar-refractivity contribution in [3.8, 4) is 5.75 Å². The van der Waals surface area contributed by atoms with Crippen molar-refractivity contribution in [2.24, 2.45) is 0 Å². The number of aromatic hydroxyl groups is 1. The molecule has 0 unspecified atom stereocenters. The predicted octanol–water partition coefficient (Wildman–Crippen LogP) is 2.14. The standard InChI is InChI=1S/C7H5NO4.C2H6/c9-4-5-3-6(8(11)12)1-2-7(5)10;1-2/h1-4,10H;1-2H3. The maximum absolute atomic E-state index is 10.2. The summed E-state index contributed by atoms with van der Waals surface area (Å²) in [4.78, 5) is 19.8. The number of nitro benzene ring substituents is 1. The minimum absolute atomic E-state index is 0.0794. The van der Waals surface area contributed by atoms with Crippen molar-refractivity contribution in [2.45, 2.75) is 13.8 Å². The lowest BCUT2D eigenvalue weighted by atomic mass is 10.2. The summed E-state index contributed by atoms with van der Waals surface area (Å²) < 4.78 is 0. The number of hydrogen-bond donors (Lipinski definition) is 1. The zero-order valence-electron chi connectivity index (χ0n) is 7.93. The van der Waals surface area contributed by atoms with Crippen LogP contribution in [0.5, 0.6) is 5.75 Å². The van der Waals surface area contributed by atoms with E-state index < -0.39 is 4.92 Å². The van der Waals surface area contributed by atoms with Crippen molar-refractivity contribution in [1.82, 2.24) is 0 Å². The molecule has 0 spiro atoms. The van der Waals surface area contributed by atoms with Crippen LogP contribution in [0.25, 0.3) is 0 Å². The smallest absolute Gasteiger partial charge is 0.270 e. The van der Waals surface area contributed by atoms with Gasteiger partial charge < -0.3 is 5.11 Å². The van der Waals surface area contributed by atoms with Crippen LogP contribution in [-0.4, -0.2) is 16.3 Å². The van der Waals surface area contributed by atoms with Crippen LogP contribution in [0.4, 0.5) is 5.69 Å². The molecule has 0 saturated heterocycles. The summed E-state index contributed by atoms with van der Waals surface area (Å²) in [6.45, 7) is 4.00. The number of rotatable bonds is 2. The quantitative estimate of drug-likeness (QED) is 0.447. The highest BCUT2D eigenvalue weighted by molar-refractivity contribution is 5.80. The van der Waals surface area contributed by atoms with E-state index in [9.17, 15) is 14.9 Å². The maximum Gasteiger partial charge on any atom is 0.270 e. The van der Waals surface area contributed by atoms with Gasteiger partial charge in [0.2, 0.25) is 0 Å². The Labute approximate surface area is 81.1 Å². The Morgan fingerprint density at radius 3 is 2.43 bits per heavy atom. The second-order valence-electron chi connectivity index (χ2n) is 2.12. The molecule has 0 aromatic heterocycles. The molecule has 1 aromatic rings. The zero-order chi connectivity index (χ0) is 11.1. The first-order valence-corrected chi connectivity index (χ1v) is 4.07. The van der Waals surface area contributed by atoms with Crippen molar-refractivity contribution in [1.29, 1.82) is 0 Å². The molecule has 0 saturated carbocycles. The van der Waals surface area contributed by atoms with Gasteiger partial charge >= 0.3 is 0 Å². The van der Waals surface area contributed by atoms with Gasteiger partial charge in [-0.2, -0.15) is 0 Å². The van der Waals surface area contributed by atoms with Gasteiger partial charge in [-0.3, -0.25) is 14.9 Å². The summed E-state index contributed by atoms with van der Waals surface area (Å²) in [5, 5.41) is 19.2. The molecule has 0 bridgehead atoms. The fraction of sp³-hybridized carbons (Fsp3) is 0.222. The number of benzene rings is 1. The van der Waals surface area contributed by atoms with Crippen LogP contribution < -0.4 is 0 Å². The molecule has 0 aliphatic heterocycles. The monoisotopic (exact) mass is 197 g/mol. The Bertz CT molecular complexity index is 336. The van der Waals surface area contributed by atoms with Gasteiger partial charge in [0.15, 0.2) is 6.29 Å². The van der Waals surface area contributed by atoms with Crippen molar-refractivity contribution in [3.63, 3.8) is 0 Å². The molecule has 1 aromatic carbocycles.